The SMILES string of the molecule is COc1cccc(NC(=O)c2cc(CN)ccn2)c1. The number of nitrogens with two attached hydrogens (primary N) is 1. The molecule has 0 aliphatic heterocycles. The molecular weight excluding hydrogens is 242 g/mol. The number of methoxy groups -OCH3 is 1. The van der Waals surface area contributed by atoms with Crippen LogP contribution < -0.4 is 15.8 Å². The highest BCUT2D eigenvalue weighted by Gasteiger charge is 2.08. The molecule has 0 aliphatic rings. The van der Waals surface area contributed by atoms with Crippen molar-refractivity contribution in [3.05, 3.63) is 53.9 Å². The number of benzene rings is 1. The van der Waals surface area contributed by atoms with Crippen molar-refractivity contribution < 1.29 is 9.53 Å². The molecular formula is C14H15N3O2. The van der Waals surface area contributed by atoms with Crippen molar-refractivity contribution in [2.45, 2.75) is 6.54 Å². The number of pyridine rings is 1. The van der Waals surface area contributed by atoms with Crippen LogP contribution in [0.4, 0.5) is 5.69 Å². The van der Waals surface area contributed by atoms with Crippen LogP contribution in [0, 0.1) is 0 Å². The van der Waals surface area contributed by atoms with Crippen LogP contribution in [-0.2, 0) is 6.54 Å². The molecule has 19 heavy (non-hydrogen) atoms. The Labute approximate surface area is 111 Å². The van der Waals surface area contributed by atoms with Gasteiger partial charge in [-0.3, -0.25) is 9.78 Å². The van der Waals surface area contributed by atoms with Gasteiger partial charge >= 0.3 is 0 Å². The van der Waals surface area contributed by atoms with Gasteiger partial charge in [0.2, 0.25) is 0 Å². The molecule has 2 rings (SSSR count). The van der Waals surface area contributed by atoms with E-state index in [0.29, 0.717) is 23.7 Å². The Bertz CT molecular complexity index is 584. The Hall–Kier alpha value is -2.40. The van der Waals surface area contributed by atoms with E-state index >= 15 is 0 Å². The van der Waals surface area contributed by atoms with Gasteiger partial charge in [-0.15, -0.1) is 0 Å². The first-order chi connectivity index (χ1) is 9.22. The molecule has 0 bridgehead atoms. The number of anilines is 1. The molecule has 1 heterocycles. The predicted octanol–water partition coefficient (Wildman–Crippen LogP) is 1.80. The molecule has 1 aromatic heterocycles. The molecule has 1 amide bonds. The van der Waals surface area contributed by atoms with Crippen LogP contribution in [0.2, 0.25) is 0 Å². The van der Waals surface area contributed by atoms with Crippen LogP contribution in [0.5, 0.6) is 5.75 Å². The summed E-state index contributed by atoms with van der Waals surface area (Å²) in [6, 6.07) is 10.6. The lowest BCUT2D eigenvalue weighted by Gasteiger charge is -2.07. The zero-order chi connectivity index (χ0) is 13.7. The first kappa shape index (κ1) is 13.0. The largest absolute Gasteiger partial charge is 0.497 e. The number of nitrogens with one attached hydrogen (secondary N) is 1. The van der Waals surface area contributed by atoms with Crippen LogP contribution in [0.25, 0.3) is 0 Å². The minimum atomic E-state index is -0.274. The summed E-state index contributed by atoms with van der Waals surface area (Å²) in [6.45, 7) is 0.377. The molecule has 3 N–H and O–H groups in total. The van der Waals surface area contributed by atoms with E-state index in [-0.39, 0.29) is 5.91 Å². The van der Waals surface area contributed by atoms with Crippen molar-refractivity contribution in [1.29, 1.82) is 0 Å². The zero-order valence-electron chi connectivity index (χ0n) is 10.6. The van der Waals surface area contributed by atoms with Gasteiger partial charge in [-0.1, -0.05) is 6.07 Å². The maximum atomic E-state index is 12.0. The predicted molar refractivity (Wildman–Crippen MR) is 73.1 cm³/mol. The normalized spacial score (nSPS) is 10.0. The molecule has 2 aromatic rings. The zero-order valence-corrected chi connectivity index (χ0v) is 10.6. The van der Waals surface area contributed by atoms with Crippen LogP contribution in [0.15, 0.2) is 42.6 Å². The fraction of sp³-hybridized carbons (Fsp3) is 0.143. The van der Waals surface area contributed by atoms with Crippen molar-refractivity contribution in [2.75, 3.05) is 12.4 Å². The average Bonchev–Trinajstić information content (AvgIpc) is 2.47. The van der Waals surface area contributed by atoms with Crippen LogP contribution in [-0.4, -0.2) is 18.0 Å². The van der Waals surface area contributed by atoms with Crippen molar-refractivity contribution in [1.82, 2.24) is 4.98 Å². The number of nitrogens with zero attached hydrogens (tertiary/aromatic N) is 1. The number of hydrogen-bond donors (Lipinski definition) is 2. The van der Waals surface area contributed by atoms with Gasteiger partial charge in [0.15, 0.2) is 0 Å². The summed E-state index contributed by atoms with van der Waals surface area (Å²) < 4.78 is 5.10. The third-order valence-corrected chi connectivity index (χ3v) is 2.62. The van der Waals surface area contributed by atoms with E-state index in [0.717, 1.165) is 5.56 Å². The number of carbonyl (C=O) groups is 1. The molecule has 0 saturated carbocycles. The quantitative estimate of drug-likeness (QED) is 0.875. The van der Waals surface area contributed by atoms with Gasteiger partial charge in [0.25, 0.3) is 5.91 Å². The third kappa shape index (κ3) is 3.29. The van der Waals surface area contributed by atoms with Gasteiger partial charge in [0.1, 0.15) is 11.4 Å². The third-order valence-electron chi connectivity index (χ3n) is 2.62. The highest BCUT2D eigenvalue weighted by atomic mass is 16.5. The Morgan fingerprint density at radius 2 is 2.21 bits per heavy atom. The lowest BCUT2D eigenvalue weighted by molar-refractivity contribution is 0.102. The summed E-state index contributed by atoms with van der Waals surface area (Å²) in [5.41, 5.74) is 7.40. The molecule has 5 nitrogen and oxygen atoms in total. The lowest BCUT2D eigenvalue weighted by atomic mass is 10.2. The topological polar surface area (TPSA) is 77.2 Å². The molecule has 5 heteroatoms. The maximum absolute atomic E-state index is 12.0. The van der Waals surface area contributed by atoms with Crippen molar-refractivity contribution in [3.8, 4) is 5.75 Å². The summed E-state index contributed by atoms with van der Waals surface area (Å²) in [5, 5.41) is 2.76. The van der Waals surface area contributed by atoms with E-state index in [2.05, 4.69) is 10.3 Å². The van der Waals surface area contributed by atoms with E-state index in [9.17, 15) is 4.79 Å². The van der Waals surface area contributed by atoms with Gasteiger partial charge < -0.3 is 15.8 Å². The minimum Gasteiger partial charge on any atom is -0.497 e. The summed E-state index contributed by atoms with van der Waals surface area (Å²) in [7, 11) is 1.58. The molecule has 0 spiro atoms. The average molecular weight is 257 g/mol. The molecule has 0 atom stereocenters. The smallest absolute Gasteiger partial charge is 0.274 e. The second-order valence-electron chi connectivity index (χ2n) is 3.94. The van der Waals surface area contributed by atoms with E-state index in [1.165, 1.54) is 0 Å². The molecule has 1 aromatic carbocycles. The molecule has 0 aliphatic carbocycles. The molecule has 0 unspecified atom stereocenters. The maximum Gasteiger partial charge on any atom is 0.274 e. The highest BCUT2D eigenvalue weighted by molar-refractivity contribution is 6.03. The minimum absolute atomic E-state index is 0.274. The van der Waals surface area contributed by atoms with Gasteiger partial charge in [-0.25, -0.2) is 0 Å². The number of carbonyl (C=O) groups excluding carboxylic acids is 1. The second kappa shape index (κ2) is 5.97. The van der Waals surface area contributed by atoms with Crippen LogP contribution in [0.1, 0.15) is 16.1 Å². The number of ether oxygens (including phenoxy) is 1. The Balaban J connectivity index is 2.15. The van der Waals surface area contributed by atoms with Crippen LogP contribution in [0.3, 0.4) is 0 Å². The van der Waals surface area contributed by atoms with Gasteiger partial charge in [-0.05, 0) is 29.8 Å². The Kier molecular flexibility index (Phi) is 4.10. The molecule has 0 saturated heterocycles. The van der Waals surface area contributed by atoms with Gasteiger partial charge in [-0.2, -0.15) is 0 Å². The van der Waals surface area contributed by atoms with E-state index in [1.807, 2.05) is 6.07 Å². The van der Waals surface area contributed by atoms with E-state index in [1.54, 1.807) is 43.6 Å². The number of hydrogen-bond acceptors (Lipinski definition) is 4. The van der Waals surface area contributed by atoms with Crippen LogP contribution >= 0.6 is 0 Å². The highest BCUT2D eigenvalue weighted by Crippen LogP contribution is 2.17. The first-order valence-electron chi connectivity index (χ1n) is 5.83. The van der Waals surface area contributed by atoms with Crippen molar-refractivity contribution in [3.63, 3.8) is 0 Å². The fourth-order valence-electron chi connectivity index (χ4n) is 1.62. The monoisotopic (exact) mass is 257 g/mol. The summed E-state index contributed by atoms with van der Waals surface area (Å²) in [4.78, 5) is 16.1. The summed E-state index contributed by atoms with van der Waals surface area (Å²) in [6.07, 6.45) is 1.57. The van der Waals surface area contributed by atoms with E-state index in [4.69, 9.17) is 10.5 Å². The van der Waals surface area contributed by atoms with Gasteiger partial charge in [0.05, 0.1) is 7.11 Å². The summed E-state index contributed by atoms with van der Waals surface area (Å²) >= 11 is 0. The Morgan fingerprint density at radius 3 is 2.95 bits per heavy atom. The van der Waals surface area contributed by atoms with Gasteiger partial charge in [0, 0.05) is 24.5 Å². The molecule has 98 valence electrons. The first-order valence-corrected chi connectivity index (χ1v) is 5.83. The van der Waals surface area contributed by atoms with E-state index < -0.39 is 0 Å². The Morgan fingerprint density at radius 1 is 1.37 bits per heavy atom. The number of aromatic nitrogens is 1. The fourth-order valence-corrected chi connectivity index (χ4v) is 1.62. The second-order valence-corrected chi connectivity index (χ2v) is 3.94. The molecule has 0 fully saturated rings. The number of amides is 1. The lowest BCUT2D eigenvalue weighted by Crippen LogP contribution is -2.14. The van der Waals surface area contributed by atoms with Crippen molar-refractivity contribution >= 4 is 11.6 Å². The number of rotatable bonds is 4. The van der Waals surface area contributed by atoms with Crippen molar-refractivity contribution in [2.24, 2.45) is 5.73 Å². The standard InChI is InChI=1S/C14H15N3O2/c1-19-12-4-2-3-11(8-12)17-14(18)13-7-10(9-15)5-6-16-13/h2-8H,9,15H2,1H3,(H,17,18). The summed E-state index contributed by atoms with van der Waals surface area (Å²) in [5.74, 6) is 0.407. The molecule has 0 radical (unpaired) electrons.